The first-order valence-corrected chi connectivity index (χ1v) is 8.21. The number of rotatable bonds is 7. The number of nitrogens with zero attached hydrogens (tertiary/aromatic N) is 4. The van der Waals surface area contributed by atoms with Gasteiger partial charge in [-0.3, -0.25) is 4.79 Å². The van der Waals surface area contributed by atoms with Gasteiger partial charge < -0.3 is 9.64 Å². The van der Waals surface area contributed by atoms with Crippen molar-refractivity contribution >= 4 is 5.91 Å². The number of carbonyl (C=O) groups excluding carboxylic acids is 1. The lowest BCUT2D eigenvalue weighted by molar-refractivity contribution is 0.0784. The zero-order chi connectivity index (χ0) is 18.4. The summed E-state index contributed by atoms with van der Waals surface area (Å²) in [4.78, 5) is 18.5. The van der Waals surface area contributed by atoms with Crippen LogP contribution in [0, 0.1) is 0 Å². The minimum absolute atomic E-state index is 0.0866. The maximum Gasteiger partial charge on any atom is 0.255 e. The minimum atomic E-state index is -0.0866. The lowest BCUT2D eigenvalue weighted by Crippen LogP contribution is -2.26. The third kappa shape index (κ3) is 4.16. The molecule has 0 bridgehead atoms. The molecule has 0 atom stereocenters. The summed E-state index contributed by atoms with van der Waals surface area (Å²) < 4.78 is 7.11. The van der Waals surface area contributed by atoms with E-state index in [2.05, 4.69) is 16.7 Å². The van der Waals surface area contributed by atoms with Crippen molar-refractivity contribution in [3.8, 4) is 11.6 Å². The monoisotopic (exact) mass is 348 g/mol. The van der Waals surface area contributed by atoms with E-state index in [9.17, 15) is 4.79 Å². The van der Waals surface area contributed by atoms with Crippen LogP contribution in [0.15, 0.2) is 73.7 Å². The molecule has 1 amide bonds. The van der Waals surface area contributed by atoms with E-state index >= 15 is 0 Å². The van der Waals surface area contributed by atoms with Crippen LogP contribution in [0.3, 0.4) is 0 Å². The fraction of sp³-hybridized carbons (Fsp3) is 0.150. The molecular formula is C20H20N4O2. The van der Waals surface area contributed by atoms with E-state index in [0.717, 1.165) is 11.3 Å². The van der Waals surface area contributed by atoms with Crippen LogP contribution in [0.1, 0.15) is 15.9 Å². The van der Waals surface area contributed by atoms with E-state index in [0.29, 0.717) is 24.5 Å². The molecule has 2 heterocycles. The van der Waals surface area contributed by atoms with Crippen molar-refractivity contribution in [3.05, 3.63) is 84.8 Å². The van der Waals surface area contributed by atoms with Gasteiger partial charge >= 0.3 is 0 Å². The molecule has 3 aromatic rings. The molecule has 0 fully saturated rings. The number of hydrogen-bond acceptors (Lipinski definition) is 4. The van der Waals surface area contributed by atoms with Crippen LogP contribution in [0.4, 0.5) is 0 Å². The second-order valence-electron chi connectivity index (χ2n) is 5.76. The molecule has 1 aromatic carbocycles. The zero-order valence-corrected chi connectivity index (χ0v) is 14.6. The Balaban J connectivity index is 1.63. The summed E-state index contributed by atoms with van der Waals surface area (Å²) in [6.45, 7) is 4.59. The van der Waals surface area contributed by atoms with Gasteiger partial charge in [-0.1, -0.05) is 24.8 Å². The van der Waals surface area contributed by atoms with Gasteiger partial charge in [-0.2, -0.15) is 5.10 Å². The molecule has 26 heavy (non-hydrogen) atoms. The van der Waals surface area contributed by atoms with Crippen LogP contribution < -0.4 is 4.74 Å². The average molecular weight is 348 g/mol. The topological polar surface area (TPSA) is 60.2 Å². The molecule has 0 spiro atoms. The largest absolute Gasteiger partial charge is 0.490 e. The smallest absolute Gasteiger partial charge is 0.255 e. The van der Waals surface area contributed by atoms with Crippen LogP contribution in [-0.2, 0) is 6.54 Å². The van der Waals surface area contributed by atoms with Crippen molar-refractivity contribution < 1.29 is 9.53 Å². The van der Waals surface area contributed by atoms with Crippen LogP contribution in [0.2, 0.25) is 0 Å². The van der Waals surface area contributed by atoms with Crippen LogP contribution in [0.25, 0.3) is 5.82 Å². The third-order valence-corrected chi connectivity index (χ3v) is 3.79. The van der Waals surface area contributed by atoms with Gasteiger partial charge in [0.25, 0.3) is 5.91 Å². The lowest BCUT2D eigenvalue weighted by atomic mass is 10.2. The molecular weight excluding hydrogens is 328 g/mol. The standard InChI is InChI=1S/C20H20N4O2/c1-3-13-26-18-8-5-16(6-9-18)15-23(2)20(25)17-7-10-19(21-14-17)24-12-4-11-22-24/h3-12,14H,1,13,15H2,2H3. The molecule has 0 aliphatic rings. The lowest BCUT2D eigenvalue weighted by Gasteiger charge is -2.17. The highest BCUT2D eigenvalue weighted by atomic mass is 16.5. The van der Waals surface area contributed by atoms with Crippen molar-refractivity contribution in [2.45, 2.75) is 6.54 Å². The first kappa shape index (κ1) is 17.4. The quantitative estimate of drug-likeness (QED) is 0.616. The Morgan fingerprint density at radius 3 is 2.69 bits per heavy atom. The predicted octanol–water partition coefficient (Wildman–Crippen LogP) is 3.10. The van der Waals surface area contributed by atoms with Gasteiger partial charge in [0.1, 0.15) is 12.4 Å². The molecule has 0 aliphatic heterocycles. The summed E-state index contributed by atoms with van der Waals surface area (Å²) in [5.41, 5.74) is 1.56. The molecule has 3 rings (SSSR count). The molecule has 0 radical (unpaired) electrons. The Labute approximate surface area is 152 Å². The Hall–Kier alpha value is -3.41. The van der Waals surface area contributed by atoms with Crippen LogP contribution >= 0.6 is 0 Å². The van der Waals surface area contributed by atoms with E-state index in [4.69, 9.17) is 4.74 Å². The summed E-state index contributed by atoms with van der Waals surface area (Å²) >= 11 is 0. The highest BCUT2D eigenvalue weighted by Crippen LogP contribution is 2.15. The Morgan fingerprint density at radius 2 is 2.08 bits per heavy atom. The van der Waals surface area contributed by atoms with Gasteiger partial charge in [-0.05, 0) is 35.9 Å². The summed E-state index contributed by atoms with van der Waals surface area (Å²) in [5, 5.41) is 4.12. The minimum Gasteiger partial charge on any atom is -0.490 e. The van der Waals surface area contributed by atoms with Crippen LogP contribution in [0.5, 0.6) is 5.75 Å². The summed E-state index contributed by atoms with van der Waals surface area (Å²) in [7, 11) is 1.77. The van der Waals surface area contributed by atoms with Crippen molar-refractivity contribution in [3.63, 3.8) is 0 Å². The second-order valence-corrected chi connectivity index (χ2v) is 5.76. The highest BCUT2D eigenvalue weighted by molar-refractivity contribution is 5.93. The molecule has 0 saturated heterocycles. The second kappa shape index (κ2) is 8.11. The molecule has 0 unspecified atom stereocenters. The van der Waals surface area contributed by atoms with Gasteiger partial charge in [0.05, 0.1) is 5.56 Å². The predicted molar refractivity (Wildman–Crippen MR) is 99.3 cm³/mol. The number of hydrogen-bond donors (Lipinski definition) is 0. The Kier molecular flexibility index (Phi) is 5.43. The molecule has 6 heteroatoms. The molecule has 0 N–H and O–H groups in total. The van der Waals surface area contributed by atoms with Crippen molar-refractivity contribution in [1.82, 2.24) is 19.7 Å². The highest BCUT2D eigenvalue weighted by Gasteiger charge is 2.13. The van der Waals surface area contributed by atoms with Gasteiger partial charge in [-0.25, -0.2) is 9.67 Å². The molecule has 0 aliphatic carbocycles. The van der Waals surface area contributed by atoms with Gasteiger partial charge in [0.2, 0.25) is 0 Å². The van der Waals surface area contributed by atoms with Gasteiger partial charge in [0.15, 0.2) is 5.82 Å². The van der Waals surface area contributed by atoms with Crippen LogP contribution in [-0.4, -0.2) is 39.2 Å². The molecule has 0 saturated carbocycles. The van der Waals surface area contributed by atoms with Gasteiger partial charge in [-0.15, -0.1) is 0 Å². The van der Waals surface area contributed by atoms with Gasteiger partial charge in [0, 0.05) is 32.2 Å². The number of ether oxygens (including phenoxy) is 1. The normalized spacial score (nSPS) is 10.3. The number of aromatic nitrogens is 3. The van der Waals surface area contributed by atoms with E-state index in [1.807, 2.05) is 30.3 Å². The fourth-order valence-corrected chi connectivity index (χ4v) is 2.46. The third-order valence-electron chi connectivity index (χ3n) is 3.79. The van der Waals surface area contributed by atoms with E-state index < -0.39 is 0 Å². The maximum atomic E-state index is 12.6. The van der Waals surface area contributed by atoms with Crippen molar-refractivity contribution in [1.29, 1.82) is 0 Å². The number of pyridine rings is 1. The zero-order valence-electron chi connectivity index (χ0n) is 14.6. The summed E-state index contributed by atoms with van der Waals surface area (Å²) in [6.07, 6.45) is 6.76. The number of carbonyl (C=O) groups is 1. The Morgan fingerprint density at radius 1 is 1.27 bits per heavy atom. The van der Waals surface area contributed by atoms with E-state index in [1.165, 1.54) is 0 Å². The Bertz CT molecular complexity index is 856. The maximum absolute atomic E-state index is 12.6. The molecule has 132 valence electrons. The summed E-state index contributed by atoms with van der Waals surface area (Å²) in [6, 6.07) is 13.0. The summed E-state index contributed by atoms with van der Waals surface area (Å²) in [5.74, 6) is 1.36. The number of benzene rings is 1. The van der Waals surface area contributed by atoms with E-state index in [-0.39, 0.29) is 5.91 Å². The van der Waals surface area contributed by atoms with Crippen molar-refractivity contribution in [2.24, 2.45) is 0 Å². The van der Waals surface area contributed by atoms with Crippen molar-refractivity contribution in [2.75, 3.05) is 13.7 Å². The average Bonchev–Trinajstić information content (AvgIpc) is 3.22. The first-order chi connectivity index (χ1) is 12.7. The first-order valence-electron chi connectivity index (χ1n) is 8.21. The fourth-order valence-electron chi connectivity index (χ4n) is 2.46. The number of amides is 1. The molecule has 6 nitrogen and oxygen atoms in total. The van der Waals surface area contributed by atoms with E-state index in [1.54, 1.807) is 53.4 Å². The molecule has 2 aromatic heterocycles. The SMILES string of the molecule is C=CCOc1ccc(CN(C)C(=O)c2ccc(-n3cccn3)nc2)cc1.